The number of benzene rings is 1. The predicted octanol–water partition coefficient (Wildman–Crippen LogP) is 3.01. The largest absolute Gasteiger partial charge is 0.481 e. The number of hydrogen-bond donors (Lipinski definition) is 2. The minimum Gasteiger partial charge on any atom is -0.481 e. The number of carboxylic acids is 1. The normalized spacial score (nSPS) is 25.6. The summed E-state index contributed by atoms with van der Waals surface area (Å²) in [6, 6.07) is 11.7. The van der Waals surface area contributed by atoms with Gasteiger partial charge < -0.3 is 15.3 Å². The molecule has 4 heteroatoms. The van der Waals surface area contributed by atoms with Crippen LogP contribution in [0.5, 0.6) is 0 Å². The van der Waals surface area contributed by atoms with Crippen molar-refractivity contribution in [2.24, 2.45) is 5.92 Å². The average Bonchev–Trinajstić information content (AvgIpc) is 3.34. The van der Waals surface area contributed by atoms with E-state index in [0.29, 0.717) is 24.5 Å². The van der Waals surface area contributed by atoms with Crippen LogP contribution in [0.2, 0.25) is 0 Å². The maximum Gasteiger partial charge on any atom is 0.304 e. The van der Waals surface area contributed by atoms with E-state index in [2.05, 4.69) is 53.5 Å². The number of hydrogen-bond acceptors (Lipinski definition) is 3. The number of likely N-dealkylation sites (tertiary alicyclic amines) is 1. The molecule has 130 valence electrons. The van der Waals surface area contributed by atoms with Gasteiger partial charge in [-0.1, -0.05) is 42.0 Å². The van der Waals surface area contributed by atoms with Gasteiger partial charge in [-0.2, -0.15) is 0 Å². The molecule has 4 nitrogen and oxygen atoms in total. The Morgan fingerprint density at radius 2 is 2.00 bits per heavy atom. The molecule has 2 atom stereocenters. The number of carboxylic acid groups (broad SMARTS) is 1. The van der Waals surface area contributed by atoms with Gasteiger partial charge >= 0.3 is 5.97 Å². The summed E-state index contributed by atoms with van der Waals surface area (Å²) in [6.07, 6.45) is 6.07. The molecule has 2 unspecified atom stereocenters. The highest BCUT2D eigenvalue weighted by Gasteiger charge is 2.39. The van der Waals surface area contributed by atoms with Gasteiger partial charge in [-0.15, -0.1) is 0 Å². The van der Waals surface area contributed by atoms with Crippen LogP contribution in [-0.4, -0.2) is 47.7 Å². The number of rotatable bonds is 7. The van der Waals surface area contributed by atoms with E-state index in [1.807, 2.05) is 0 Å². The average molecular weight is 328 g/mol. The smallest absolute Gasteiger partial charge is 0.304 e. The first kappa shape index (κ1) is 17.2. The Labute approximate surface area is 144 Å². The summed E-state index contributed by atoms with van der Waals surface area (Å²) in [5, 5.41) is 12.6. The Hall–Kier alpha value is -1.65. The van der Waals surface area contributed by atoms with E-state index in [1.165, 1.54) is 17.6 Å². The van der Waals surface area contributed by atoms with Crippen LogP contribution in [0.3, 0.4) is 0 Å². The van der Waals surface area contributed by atoms with E-state index in [9.17, 15) is 4.79 Å². The summed E-state index contributed by atoms with van der Waals surface area (Å²) in [4.78, 5) is 12.9. The molecule has 1 heterocycles. The monoisotopic (exact) mass is 328 g/mol. The molecule has 1 aliphatic carbocycles. The zero-order valence-corrected chi connectivity index (χ0v) is 14.4. The highest BCUT2D eigenvalue weighted by Crippen LogP contribution is 2.38. The number of nitrogens with one attached hydrogen (secondary N) is 1. The Balaban J connectivity index is 1.40. The van der Waals surface area contributed by atoms with Crippen LogP contribution < -0.4 is 5.32 Å². The van der Waals surface area contributed by atoms with Crippen molar-refractivity contribution in [2.75, 3.05) is 19.6 Å². The van der Waals surface area contributed by atoms with Gasteiger partial charge in [0.2, 0.25) is 0 Å². The van der Waals surface area contributed by atoms with Crippen molar-refractivity contribution in [1.29, 1.82) is 0 Å². The summed E-state index contributed by atoms with van der Waals surface area (Å²) in [6.45, 7) is 4.96. The van der Waals surface area contributed by atoms with Crippen LogP contribution in [0.25, 0.3) is 6.08 Å². The van der Waals surface area contributed by atoms with Gasteiger partial charge in [0.05, 0.1) is 6.42 Å². The van der Waals surface area contributed by atoms with Crippen molar-refractivity contribution in [1.82, 2.24) is 10.2 Å². The van der Waals surface area contributed by atoms with Crippen molar-refractivity contribution in [2.45, 2.75) is 44.7 Å². The first-order valence-corrected chi connectivity index (χ1v) is 9.05. The SMILES string of the molecule is CC(=Cc1ccccc1)C1CC1NC1CCN(CCC(=O)O)CC1. The third kappa shape index (κ3) is 4.92. The van der Waals surface area contributed by atoms with Crippen LogP contribution >= 0.6 is 0 Å². The van der Waals surface area contributed by atoms with Gasteiger partial charge in [0.25, 0.3) is 0 Å². The fraction of sp³-hybridized carbons (Fsp3) is 0.550. The lowest BCUT2D eigenvalue weighted by molar-refractivity contribution is -0.137. The van der Waals surface area contributed by atoms with E-state index < -0.39 is 5.97 Å². The number of carbonyl (C=O) groups is 1. The maximum atomic E-state index is 10.6. The number of piperidine rings is 1. The van der Waals surface area contributed by atoms with Crippen molar-refractivity contribution >= 4 is 12.0 Å². The van der Waals surface area contributed by atoms with Crippen molar-refractivity contribution in [3.8, 4) is 0 Å². The minimum absolute atomic E-state index is 0.256. The number of nitrogens with zero attached hydrogens (tertiary/aromatic N) is 1. The van der Waals surface area contributed by atoms with E-state index in [0.717, 1.165) is 25.9 Å². The van der Waals surface area contributed by atoms with Gasteiger partial charge in [-0.25, -0.2) is 0 Å². The molecular weight excluding hydrogens is 300 g/mol. The molecule has 0 spiro atoms. The summed E-state index contributed by atoms with van der Waals surface area (Å²) in [5.74, 6) is -0.0213. The van der Waals surface area contributed by atoms with Crippen molar-refractivity contribution in [3.63, 3.8) is 0 Å². The van der Waals surface area contributed by atoms with Crippen LogP contribution in [0.1, 0.15) is 38.2 Å². The second-order valence-corrected chi connectivity index (χ2v) is 7.17. The van der Waals surface area contributed by atoms with E-state index in [-0.39, 0.29) is 6.42 Å². The Morgan fingerprint density at radius 3 is 2.67 bits per heavy atom. The minimum atomic E-state index is -0.697. The summed E-state index contributed by atoms with van der Waals surface area (Å²) in [5.41, 5.74) is 2.75. The van der Waals surface area contributed by atoms with Gasteiger partial charge in [-0.05, 0) is 50.8 Å². The molecule has 24 heavy (non-hydrogen) atoms. The molecule has 2 fully saturated rings. The number of aliphatic carboxylic acids is 1. The van der Waals surface area contributed by atoms with Crippen LogP contribution in [0.4, 0.5) is 0 Å². The molecule has 1 aromatic carbocycles. The second-order valence-electron chi connectivity index (χ2n) is 7.17. The first-order chi connectivity index (χ1) is 11.6. The lowest BCUT2D eigenvalue weighted by atomic mass is 10.0. The fourth-order valence-electron chi connectivity index (χ4n) is 3.68. The van der Waals surface area contributed by atoms with Gasteiger partial charge in [0.15, 0.2) is 0 Å². The molecule has 0 radical (unpaired) electrons. The lowest BCUT2D eigenvalue weighted by Crippen LogP contribution is -2.44. The summed E-state index contributed by atoms with van der Waals surface area (Å²) >= 11 is 0. The van der Waals surface area contributed by atoms with Crippen molar-refractivity contribution < 1.29 is 9.90 Å². The molecule has 1 aliphatic heterocycles. The zero-order valence-electron chi connectivity index (χ0n) is 14.4. The van der Waals surface area contributed by atoms with E-state index in [1.54, 1.807) is 0 Å². The van der Waals surface area contributed by atoms with Crippen LogP contribution in [-0.2, 0) is 4.79 Å². The Bertz CT molecular complexity index is 577. The first-order valence-electron chi connectivity index (χ1n) is 9.05. The van der Waals surface area contributed by atoms with Gasteiger partial charge in [0, 0.05) is 18.6 Å². The zero-order chi connectivity index (χ0) is 16.9. The summed E-state index contributed by atoms with van der Waals surface area (Å²) in [7, 11) is 0. The van der Waals surface area contributed by atoms with E-state index in [4.69, 9.17) is 5.11 Å². The van der Waals surface area contributed by atoms with Crippen molar-refractivity contribution in [3.05, 3.63) is 41.5 Å². The molecule has 1 aromatic rings. The highest BCUT2D eigenvalue weighted by molar-refractivity contribution is 5.66. The van der Waals surface area contributed by atoms with Gasteiger partial charge in [0.1, 0.15) is 0 Å². The van der Waals surface area contributed by atoms with E-state index >= 15 is 0 Å². The third-order valence-corrected chi connectivity index (χ3v) is 5.25. The third-order valence-electron chi connectivity index (χ3n) is 5.25. The molecule has 3 rings (SSSR count). The van der Waals surface area contributed by atoms with Crippen LogP contribution in [0.15, 0.2) is 35.9 Å². The summed E-state index contributed by atoms with van der Waals surface area (Å²) < 4.78 is 0. The maximum absolute atomic E-state index is 10.6. The Kier molecular flexibility index (Phi) is 5.69. The Morgan fingerprint density at radius 1 is 1.29 bits per heavy atom. The molecule has 2 N–H and O–H groups in total. The predicted molar refractivity (Wildman–Crippen MR) is 96.8 cm³/mol. The molecular formula is C20H28N2O2. The molecule has 1 saturated carbocycles. The second kappa shape index (κ2) is 7.95. The molecule has 1 saturated heterocycles. The fourth-order valence-corrected chi connectivity index (χ4v) is 3.68. The molecule has 0 amide bonds. The van der Waals surface area contributed by atoms with Crippen LogP contribution in [0, 0.1) is 5.92 Å². The topological polar surface area (TPSA) is 52.6 Å². The quantitative estimate of drug-likeness (QED) is 0.808. The molecule has 0 aromatic heterocycles. The molecule has 2 aliphatic rings. The molecule has 0 bridgehead atoms. The lowest BCUT2D eigenvalue weighted by Gasteiger charge is -2.32. The highest BCUT2D eigenvalue weighted by atomic mass is 16.4. The standard InChI is InChI=1S/C20H28N2O2/c1-15(13-16-5-3-2-4-6-16)18-14-19(18)21-17-7-10-22(11-8-17)12-9-20(23)24/h2-6,13,17-19,21H,7-12,14H2,1H3,(H,23,24). The van der Waals surface area contributed by atoms with Gasteiger partial charge in [-0.3, -0.25) is 4.79 Å².